The second kappa shape index (κ2) is 6.94. The van der Waals surface area contributed by atoms with Crippen LogP contribution in [0.1, 0.15) is 18.1 Å². The van der Waals surface area contributed by atoms with Crippen molar-refractivity contribution >= 4 is 49.1 Å². The van der Waals surface area contributed by atoms with E-state index < -0.39 is 0 Å². The Labute approximate surface area is 191 Å². The molecule has 0 bridgehead atoms. The maximum atomic E-state index is 4.64. The number of hydrogen-bond donors (Lipinski definition) is 0. The smallest absolute Gasteiger partial charge is 0.145 e. The average molecular weight is 426 g/mol. The molecule has 3 heteroatoms. The van der Waals surface area contributed by atoms with E-state index >= 15 is 0 Å². The van der Waals surface area contributed by atoms with Gasteiger partial charge in [0.15, 0.2) is 0 Å². The van der Waals surface area contributed by atoms with Gasteiger partial charge in [-0.05, 0) is 54.1 Å². The zero-order valence-electron chi connectivity index (χ0n) is 18.5. The van der Waals surface area contributed by atoms with Gasteiger partial charge in [-0.15, -0.1) is 0 Å². The van der Waals surface area contributed by atoms with Gasteiger partial charge in [0.25, 0.3) is 0 Å². The molecule has 158 valence electrons. The lowest BCUT2D eigenvalue weighted by molar-refractivity contribution is 0.827. The fraction of sp³-hybridized carbons (Fsp3) is 0.100. The molecule has 7 rings (SSSR count). The molecule has 0 fully saturated rings. The number of para-hydroxylation sites is 2. The summed E-state index contributed by atoms with van der Waals surface area (Å²) in [6.07, 6.45) is 4.84. The third kappa shape index (κ3) is 2.66. The van der Waals surface area contributed by atoms with Crippen molar-refractivity contribution in [2.45, 2.75) is 19.9 Å². The zero-order chi connectivity index (χ0) is 21.9. The summed E-state index contributed by atoms with van der Waals surface area (Å²) < 4.78 is 4.60. The van der Waals surface area contributed by atoms with Crippen LogP contribution in [0.5, 0.6) is 0 Å². The number of aryl methyl sites for hydroxylation is 1. The first-order valence-electron chi connectivity index (χ1n) is 11.6. The molecule has 0 saturated carbocycles. The molecule has 0 saturated heterocycles. The molecule has 7 aromatic rings. The molecular weight excluding hydrogens is 402 g/mol. The van der Waals surface area contributed by atoms with Gasteiger partial charge < -0.3 is 4.57 Å². The van der Waals surface area contributed by atoms with E-state index in [2.05, 4.69) is 106 Å². The van der Waals surface area contributed by atoms with Crippen LogP contribution < -0.4 is 0 Å². The number of imidazole rings is 1. The van der Waals surface area contributed by atoms with Gasteiger partial charge in [0.05, 0.1) is 5.52 Å². The van der Waals surface area contributed by atoms with Crippen LogP contribution in [0.4, 0.5) is 0 Å². The number of fused-ring (bicyclic) bond motifs is 9. The number of pyridine rings is 1. The summed E-state index contributed by atoms with van der Waals surface area (Å²) in [5, 5.41) is 6.41. The van der Waals surface area contributed by atoms with Gasteiger partial charge in [0, 0.05) is 51.5 Å². The van der Waals surface area contributed by atoms with E-state index in [1.165, 1.54) is 54.6 Å². The van der Waals surface area contributed by atoms with Crippen molar-refractivity contribution in [3.05, 3.63) is 108 Å². The van der Waals surface area contributed by atoms with Gasteiger partial charge in [-0.3, -0.25) is 4.40 Å². The van der Waals surface area contributed by atoms with Gasteiger partial charge in [0.2, 0.25) is 0 Å². The normalized spacial score (nSPS) is 12.0. The molecule has 0 aliphatic rings. The maximum Gasteiger partial charge on any atom is 0.145 e. The number of hydrogen-bond acceptors (Lipinski definition) is 1. The summed E-state index contributed by atoms with van der Waals surface area (Å²) in [7, 11) is 0. The van der Waals surface area contributed by atoms with Crippen LogP contribution >= 0.6 is 0 Å². The van der Waals surface area contributed by atoms with Gasteiger partial charge in [-0.1, -0.05) is 60.7 Å². The van der Waals surface area contributed by atoms with Crippen molar-refractivity contribution in [3.8, 4) is 0 Å². The van der Waals surface area contributed by atoms with Crippen molar-refractivity contribution < 1.29 is 0 Å². The third-order valence-corrected chi connectivity index (χ3v) is 6.98. The summed E-state index contributed by atoms with van der Waals surface area (Å²) in [5.41, 5.74) is 7.50. The molecule has 0 atom stereocenters. The van der Waals surface area contributed by atoms with Crippen LogP contribution in [0.25, 0.3) is 49.1 Å². The molecule has 3 aromatic heterocycles. The van der Waals surface area contributed by atoms with Crippen molar-refractivity contribution in [2.24, 2.45) is 0 Å². The highest BCUT2D eigenvalue weighted by molar-refractivity contribution is 6.12. The largest absolute Gasteiger partial charge is 0.341 e. The topological polar surface area (TPSA) is 22.2 Å². The van der Waals surface area contributed by atoms with E-state index in [0.29, 0.717) is 0 Å². The quantitative estimate of drug-likeness (QED) is 0.271. The molecule has 0 aliphatic heterocycles. The van der Waals surface area contributed by atoms with Crippen molar-refractivity contribution in [2.75, 3.05) is 0 Å². The SMILES string of the molecule is CCn1c2ccccc2c2cc(Cc3ccc4c(c3)c3ccccc3n3ccnc43)ccc21. The van der Waals surface area contributed by atoms with Crippen molar-refractivity contribution in [1.29, 1.82) is 0 Å². The maximum absolute atomic E-state index is 4.64. The van der Waals surface area contributed by atoms with Gasteiger partial charge in [0.1, 0.15) is 5.65 Å². The van der Waals surface area contributed by atoms with Crippen molar-refractivity contribution in [3.63, 3.8) is 0 Å². The first-order chi connectivity index (χ1) is 16.3. The molecule has 0 aliphatic carbocycles. The Kier molecular flexibility index (Phi) is 3.88. The second-order valence-electron chi connectivity index (χ2n) is 8.81. The van der Waals surface area contributed by atoms with Gasteiger partial charge in [-0.2, -0.15) is 0 Å². The molecule has 0 N–H and O–H groups in total. The molecular formula is C30H23N3. The van der Waals surface area contributed by atoms with Crippen molar-refractivity contribution in [1.82, 2.24) is 14.0 Å². The molecule has 3 nitrogen and oxygen atoms in total. The predicted molar refractivity (Wildman–Crippen MR) is 138 cm³/mol. The molecule has 0 unspecified atom stereocenters. The standard InChI is InChI=1S/C30H23N3/c1-2-32-27-9-5-4-8-23(27)26-19-21(12-14-29(26)32)17-20-11-13-24-25(18-20)22-7-3-6-10-28(22)33-16-15-31-30(24)33/h3-16,18-19H,2,17H2,1H3. The minimum atomic E-state index is 0.908. The summed E-state index contributed by atoms with van der Waals surface area (Å²) in [5.74, 6) is 0. The Morgan fingerprint density at radius 2 is 1.30 bits per heavy atom. The van der Waals surface area contributed by atoms with E-state index in [-0.39, 0.29) is 0 Å². The zero-order valence-corrected chi connectivity index (χ0v) is 18.5. The fourth-order valence-electron chi connectivity index (χ4n) is 5.51. The molecule has 0 spiro atoms. The highest BCUT2D eigenvalue weighted by Crippen LogP contribution is 2.32. The van der Waals surface area contributed by atoms with Crippen LogP contribution in [0.15, 0.2) is 97.3 Å². The molecule has 3 heterocycles. The average Bonchev–Trinajstić information content (AvgIpc) is 3.47. The molecule has 0 radical (unpaired) electrons. The van der Waals surface area contributed by atoms with E-state index in [9.17, 15) is 0 Å². The molecule has 4 aromatic carbocycles. The first kappa shape index (κ1) is 18.5. The summed E-state index contributed by atoms with van der Waals surface area (Å²) in [6.45, 7) is 3.19. The highest BCUT2D eigenvalue weighted by Gasteiger charge is 2.12. The first-order valence-corrected chi connectivity index (χ1v) is 11.6. The Bertz CT molecular complexity index is 1830. The van der Waals surface area contributed by atoms with E-state index in [1.807, 2.05) is 12.4 Å². The Hall–Kier alpha value is -4.11. The van der Waals surface area contributed by atoms with Gasteiger partial charge >= 0.3 is 0 Å². The number of aromatic nitrogens is 3. The number of benzene rings is 4. The van der Waals surface area contributed by atoms with E-state index in [0.717, 1.165) is 18.6 Å². The van der Waals surface area contributed by atoms with Gasteiger partial charge in [-0.25, -0.2) is 4.98 Å². The highest BCUT2D eigenvalue weighted by atomic mass is 15.0. The van der Waals surface area contributed by atoms with Crippen LogP contribution in [-0.4, -0.2) is 14.0 Å². The summed E-state index contributed by atoms with van der Waals surface area (Å²) in [6, 6.07) is 31.1. The second-order valence-corrected chi connectivity index (χ2v) is 8.81. The summed E-state index contributed by atoms with van der Waals surface area (Å²) in [4.78, 5) is 4.64. The fourth-order valence-corrected chi connectivity index (χ4v) is 5.51. The summed E-state index contributed by atoms with van der Waals surface area (Å²) >= 11 is 0. The molecule has 0 amide bonds. The van der Waals surface area contributed by atoms with Crippen LogP contribution in [0, 0.1) is 0 Å². The Balaban J connectivity index is 1.40. The predicted octanol–water partition coefficient (Wildman–Crippen LogP) is 7.36. The van der Waals surface area contributed by atoms with Crippen LogP contribution in [0.2, 0.25) is 0 Å². The Morgan fingerprint density at radius 1 is 0.636 bits per heavy atom. The van der Waals surface area contributed by atoms with E-state index in [4.69, 9.17) is 0 Å². The lowest BCUT2D eigenvalue weighted by Gasteiger charge is -2.10. The van der Waals surface area contributed by atoms with E-state index in [1.54, 1.807) is 0 Å². The minimum Gasteiger partial charge on any atom is -0.341 e. The third-order valence-electron chi connectivity index (χ3n) is 6.98. The van der Waals surface area contributed by atoms with Crippen LogP contribution in [0.3, 0.4) is 0 Å². The number of rotatable bonds is 3. The Morgan fingerprint density at radius 3 is 2.12 bits per heavy atom. The molecule has 33 heavy (non-hydrogen) atoms. The monoisotopic (exact) mass is 425 g/mol. The van der Waals surface area contributed by atoms with Crippen LogP contribution in [-0.2, 0) is 13.0 Å². The number of nitrogens with zero attached hydrogens (tertiary/aromatic N) is 3. The minimum absolute atomic E-state index is 0.908. The lowest BCUT2D eigenvalue weighted by atomic mass is 9.98. The lowest BCUT2D eigenvalue weighted by Crippen LogP contribution is -1.94.